The van der Waals surface area contributed by atoms with E-state index in [9.17, 15) is 0 Å². The van der Waals surface area contributed by atoms with Crippen LogP contribution in [0.2, 0.25) is 0 Å². The molecular weight excluding hydrogens is 471 g/mol. The SMILES string of the molecule is CCNC(=NCc1ccc(N2CCCC2)nc1)NCCc1csc(C)n1.I. The number of anilines is 1. The Kier molecular flexibility index (Phi) is 9.26. The summed E-state index contributed by atoms with van der Waals surface area (Å²) < 4.78 is 0. The van der Waals surface area contributed by atoms with E-state index in [0.717, 1.165) is 60.6 Å². The summed E-state index contributed by atoms with van der Waals surface area (Å²) in [6.45, 7) is 8.64. The molecule has 0 radical (unpaired) electrons. The highest BCUT2D eigenvalue weighted by Crippen LogP contribution is 2.17. The molecule has 0 amide bonds. The molecule has 2 aromatic rings. The Morgan fingerprint density at radius 3 is 2.70 bits per heavy atom. The number of thiazole rings is 1. The van der Waals surface area contributed by atoms with Gasteiger partial charge in [0.05, 0.1) is 17.2 Å². The molecule has 1 aliphatic heterocycles. The minimum atomic E-state index is 0. The van der Waals surface area contributed by atoms with Crippen LogP contribution in [0.1, 0.15) is 36.0 Å². The van der Waals surface area contributed by atoms with Gasteiger partial charge < -0.3 is 15.5 Å². The van der Waals surface area contributed by atoms with Crippen LogP contribution in [0.15, 0.2) is 28.7 Å². The number of guanidine groups is 1. The van der Waals surface area contributed by atoms with E-state index in [0.29, 0.717) is 6.54 Å². The molecule has 0 atom stereocenters. The molecule has 2 N–H and O–H groups in total. The van der Waals surface area contributed by atoms with Gasteiger partial charge in [-0.2, -0.15) is 0 Å². The van der Waals surface area contributed by atoms with E-state index in [2.05, 4.69) is 54.9 Å². The van der Waals surface area contributed by atoms with Gasteiger partial charge in [0.25, 0.3) is 0 Å². The topological polar surface area (TPSA) is 65.4 Å². The largest absolute Gasteiger partial charge is 0.357 e. The van der Waals surface area contributed by atoms with Gasteiger partial charge in [-0.3, -0.25) is 0 Å². The second-order valence-corrected chi connectivity index (χ2v) is 7.51. The summed E-state index contributed by atoms with van der Waals surface area (Å²) in [5.74, 6) is 1.92. The molecule has 27 heavy (non-hydrogen) atoms. The smallest absolute Gasteiger partial charge is 0.191 e. The minimum Gasteiger partial charge on any atom is -0.357 e. The third-order valence-electron chi connectivity index (χ3n) is 4.34. The lowest BCUT2D eigenvalue weighted by molar-refractivity contribution is 0.789. The highest BCUT2D eigenvalue weighted by atomic mass is 127. The van der Waals surface area contributed by atoms with Crippen molar-refractivity contribution < 1.29 is 0 Å². The summed E-state index contributed by atoms with van der Waals surface area (Å²) >= 11 is 1.70. The third kappa shape index (κ3) is 6.91. The summed E-state index contributed by atoms with van der Waals surface area (Å²) in [5, 5.41) is 9.91. The molecule has 2 aromatic heterocycles. The molecule has 1 fully saturated rings. The normalized spacial score (nSPS) is 14.1. The van der Waals surface area contributed by atoms with Crippen LogP contribution in [-0.2, 0) is 13.0 Å². The van der Waals surface area contributed by atoms with Gasteiger partial charge >= 0.3 is 0 Å². The van der Waals surface area contributed by atoms with Crippen molar-refractivity contribution in [2.24, 2.45) is 4.99 Å². The Labute approximate surface area is 182 Å². The van der Waals surface area contributed by atoms with Crippen LogP contribution in [0.25, 0.3) is 0 Å². The summed E-state index contributed by atoms with van der Waals surface area (Å²) in [6.07, 6.45) is 5.39. The van der Waals surface area contributed by atoms with Crippen LogP contribution < -0.4 is 15.5 Å². The third-order valence-corrected chi connectivity index (χ3v) is 5.17. The standard InChI is InChI=1S/C19H28N6S.HI/c1-3-20-19(21-9-8-17-14-26-15(2)24-17)23-13-16-6-7-18(22-12-16)25-10-4-5-11-25;/h6-7,12,14H,3-5,8-11,13H2,1-2H3,(H2,20,21,23);1H. The number of nitrogens with zero attached hydrogens (tertiary/aromatic N) is 4. The van der Waals surface area contributed by atoms with Crippen molar-refractivity contribution in [1.82, 2.24) is 20.6 Å². The number of hydrogen-bond acceptors (Lipinski definition) is 5. The molecule has 1 aliphatic rings. The molecule has 3 heterocycles. The number of pyridine rings is 1. The second kappa shape index (κ2) is 11.4. The molecule has 1 saturated heterocycles. The van der Waals surface area contributed by atoms with Crippen LogP contribution >= 0.6 is 35.3 Å². The number of aryl methyl sites for hydroxylation is 1. The number of hydrogen-bond donors (Lipinski definition) is 2. The lowest BCUT2D eigenvalue weighted by Gasteiger charge is -2.16. The molecule has 3 rings (SSSR count). The molecule has 6 nitrogen and oxygen atoms in total. The molecule has 0 spiro atoms. The van der Waals surface area contributed by atoms with Crippen LogP contribution in [0.4, 0.5) is 5.82 Å². The average molecular weight is 500 g/mol. The van der Waals surface area contributed by atoms with Crippen LogP contribution in [0.5, 0.6) is 0 Å². The first-order valence-electron chi connectivity index (χ1n) is 9.37. The zero-order valence-electron chi connectivity index (χ0n) is 16.1. The summed E-state index contributed by atoms with van der Waals surface area (Å²) in [6, 6.07) is 4.24. The second-order valence-electron chi connectivity index (χ2n) is 6.45. The van der Waals surface area contributed by atoms with Crippen LogP contribution in [0.3, 0.4) is 0 Å². The van der Waals surface area contributed by atoms with Crippen LogP contribution in [-0.4, -0.2) is 42.1 Å². The van der Waals surface area contributed by atoms with Gasteiger partial charge in [-0.1, -0.05) is 6.07 Å². The van der Waals surface area contributed by atoms with Gasteiger partial charge in [-0.25, -0.2) is 15.0 Å². The highest BCUT2D eigenvalue weighted by molar-refractivity contribution is 14.0. The first kappa shape index (κ1) is 21.9. The molecular formula is C19H29IN6S. The lowest BCUT2D eigenvalue weighted by atomic mass is 10.3. The fraction of sp³-hybridized carbons (Fsp3) is 0.526. The number of nitrogens with one attached hydrogen (secondary N) is 2. The van der Waals surface area contributed by atoms with Crippen LogP contribution in [0, 0.1) is 6.92 Å². The molecule has 0 unspecified atom stereocenters. The Morgan fingerprint density at radius 2 is 2.07 bits per heavy atom. The Morgan fingerprint density at radius 1 is 1.26 bits per heavy atom. The maximum absolute atomic E-state index is 4.67. The van der Waals surface area contributed by atoms with Gasteiger partial charge in [-0.15, -0.1) is 35.3 Å². The highest BCUT2D eigenvalue weighted by Gasteiger charge is 2.12. The number of aromatic nitrogens is 2. The monoisotopic (exact) mass is 500 g/mol. The Bertz CT molecular complexity index is 709. The lowest BCUT2D eigenvalue weighted by Crippen LogP contribution is -2.38. The number of halogens is 1. The van der Waals surface area contributed by atoms with Crippen molar-refractivity contribution in [3.63, 3.8) is 0 Å². The van der Waals surface area contributed by atoms with E-state index in [1.165, 1.54) is 12.8 Å². The zero-order chi connectivity index (χ0) is 18.2. The first-order valence-corrected chi connectivity index (χ1v) is 10.3. The van der Waals surface area contributed by atoms with E-state index >= 15 is 0 Å². The quantitative estimate of drug-likeness (QED) is 0.347. The summed E-state index contributed by atoms with van der Waals surface area (Å²) in [4.78, 5) is 16.1. The predicted molar refractivity (Wildman–Crippen MR) is 124 cm³/mol. The maximum atomic E-state index is 4.67. The number of aliphatic imine (C=N–C) groups is 1. The van der Waals surface area contributed by atoms with Gasteiger partial charge in [-0.05, 0) is 38.3 Å². The van der Waals surface area contributed by atoms with Crippen molar-refractivity contribution in [1.29, 1.82) is 0 Å². The molecule has 0 aliphatic carbocycles. The van der Waals surface area contributed by atoms with Gasteiger partial charge in [0, 0.05) is 44.2 Å². The predicted octanol–water partition coefficient (Wildman–Crippen LogP) is 3.36. The van der Waals surface area contributed by atoms with Crippen molar-refractivity contribution in [3.8, 4) is 0 Å². The Balaban J connectivity index is 0.00000261. The van der Waals surface area contributed by atoms with Crippen molar-refractivity contribution in [3.05, 3.63) is 40.0 Å². The van der Waals surface area contributed by atoms with E-state index in [4.69, 9.17) is 0 Å². The first-order chi connectivity index (χ1) is 12.7. The average Bonchev–Trinajstić information content (AvgIpc) is 3.32. The van der Waals surface area contributed by atoms with E-state index in [1.807, 2.05) is 13.1 Å². The Hall–Kier alpha value is -1.42. The van der Waals surface area contributed by atoms with Crippen molar-refractivity contribution in [2.45, 2.75) is 39.7 Å². The molecule has 0 bridgehead atoms. The van der Waals surface area contributed by atoms with E-state index < -0.39 is 0 Å². The van der Waals surface area contributed by atoms with Gasteiger partial charge in [0.1, 0.15) is 5.82 Å². The van der Waals surface area contributed by atoms with E-state index in [-0.39, 0.29) is 24.0 Å². The van der Waals surface area contributed by atoms with E-state index in [1.54, 1.807) is 11.3 Å². The summed E-state index contributed by atoms with van der Waals surface area (Å²) in [7, 11) is 0. The van der Waals surface area contributed by atoms with Gasteiger partial charge in [0.15, 0.2) is 5.96 Å². The fourth-order valence-corrected chi connectivity index (χ4v) is 3.63. The minimum absolute atomic E-state index is 0. The molecule has 0 saturated carbocycles. The van der Waals surface area contributed by atoms with Crippen molar-refractivity contribution >= 4 is 47.1 Å². The van der Waals surface area contributed by atoms with Crippen molar-refractivity contribution in [2.75, 3.05) is 31.1 Å². The maximum Gasteiger partial charge on any atom is 0.191 e. The zero-order valence-corrected chi connectivity index (χ0v) is 19.2. The molecule has 148 valence electrons. The number of rotatable bonds is 7. The summed E-state index contributed by atoms with van der Waals surface area (Å²) in [5.41, 5.74) is 2.26. The fourth-order valence-electron chi connectivity index (χ4n) is 2.99. The molecule has 8 heteroatoms. The molecule has 0 aromatic carbocycles. The van der Waals surface area contributed by atoms with Gasteiger partial charge in [0.2, 0.25) is 0 Å².